The zero-order valence-corrected chi connectivity index (χ0v) is 6.21. The molecule has 0 saturated heterocycles. The molecular weight excluding hydrogens is 142 g/mol. The molecule has 0 amide bonds. The monoisotopic (exact) mass is 153 g/mol. The van der Waals surface area contributed by atoms with Crippen LogP contribution in [0, 0.1) is 0 Å². The molecule has 60 valence electrons. The Bertz CT molecular complexity index is 208. The van der Waals surface area contributed by atoms with Crippen molar-refractivity contribution in [2.75, 3.05) is 6.54 Å². The van der Waals surface area contributed by atoms with Gasteiger partial charge in [-0.15, -0.1) is 0 Å². The van der Waals surface area contributed by atoms with Crippen molar-refractivity contribution in [1.29, 1.82) is 0 Å². The molecule has 1 heterocycles. The molecule has 0 aromatic carbocycles. The number of hydrogen-bond donors (Lipinski definition) is 2. The van der Waals surface area contributed by atoms with Gasteiger partial charge in [-0.3, -0.25) is 4.79 Å². The second kappa shape index (κ2) is 3.34. The van der Waals surface area contributed by atoms with Gasteiger partial charge < -0.3 is 10.4 Å². The fourth-order valence-electron chi connectivity index (χ4n) is 1.01. The largest absolute Gasteiger partial charge is 0.480 e. The summed E-state index contributed by atoms with van der Waals surface area (Å²) in [6.07, 6.45) is 4.20. The van der Waals surface area contributed by atoms with E-state index in [2.05, 4.69) is 11.9 Å². The number of nitrogens with one attached hydrogen (secondary N) is 1. The maximum Gasteiger partial charge on any atom is 0.321 e. The Balaban J connectivity index is 2.54. The second-order valence-electron chi connectivity index (χ2n) is 2.49. The predicted octanol–water partition coefficient (Wildman–Crippen LogP) is 0.545. The Morgan fingerprint density at radius 3 is 3.00 bits per heavy atom. The van der Waals surface area contributed by atoms with Gasteiger partial charge in [-0.25, -0.2) is 0 Å². The summed E-state index contributed by atoms with van der Waals surface area (Å²) >= 11 is 0. The third-order valence-electron chi connectivity index (χ3n) is 1.73. The molecule has 0 radical (unpaired) electrons. The first-order valence-electron chi connectivity index (χ1n) is 3.51. The maximum atomic E-state index is 10.4. The Hall–Kier alpha value is -1.09. The Kier molecular flexibility index (Phi) is 2.44. The van der Waals surface area contributed by atoms with Crippen molar-refractivity contribution in [3.05, 3.63) is 24.3 Å². The molecule has 1 aliphatic heterocycles. The van der Waals surface area contributed by atoms with Crippen LogP contribution in [0.3, 0.4) is 0 Å². The number of carboxylic acids is 1. The quantitative estimate of drug-likeness (QED) is 0.609. The summed E-state index contributed by atoms with van der Waals surface area (Å²) in [7, 11) is 0. The minimum atomic E-state index is -0.788. The number of carboxylic acid groups (broad SMARTS) is 1. The highest BCUT2D eigenvalue weighted by Crippen LogP contribution is 2.06. The van der Waals surface area contributed by atoms with E-state index in [0.29, 0.717) is 13.0 Å². The van der Waals surface area contributed by atoms with E-state index < -0.39 is 12.0 Å². The Morgan fingerprint density at radius 2 is 2.64 bits per heavy atom. The van der Waals surface area contributed by atoms with Crippen LogP contribution in [0.15, 0.2) is 24.3 Å². The van der Waals surface area contributed by atoms with Gasteiger partial charge in [0.2, 0.25) is 0 Å². The van der Waals surface area contributed by atoms with Crippen LogP contribution in [0.1, 0.15) is 6.42 Å². The predicted molar refractivity (Wildman–Crippen MR) is 42.3 cm³/mol. The van der Waals surface area contributed by atoms with Crippen molar-refractivity contribution in [2.24, 2.45) is 0 Å². The number of carbonyl (C=O) groups is 1. The fourth-order valence-corrected chi connectivity index (χ4v) is 1.01. The summed E-state index contributed by atoms with van der Waals surface area (Å²) in [5.74, 6) is -0.788. The zero-order valence-electron chi connectivity index (χ0n) is 6.21. The van der Waals surface area contributed by atoms with Gasteiger partial charge in [0, 0.05) is 6.54 Å². The zero-order chi connectivity index (χ0) is 8.27. The van der Waals surface area contributed by atoms with Gasteiger partial charge in [0.1, 0.15) is 6.04 Å². The summed E-state index contributed by atoms with van der Waals surface area (Å²) in [5.41, 5.74) is 1.07. The van der Waals surface area contributed by atoms with Crippen molar-refractivity contribution in [3.63, 3.8) is 0 Å². The molecule has 0 aromatic heterocycles. The van der Waals surface area contributed by atoms with E-state index in [1.807, 2.05) is 6.08 Å². The summed E-state index contributed by atoms with van der Waals surface area (Å²) in [6, 6.07) is -0.418. The SMILES string of the molecule is C=CC1=CCC(C(=O)O)NC1. The molecular formula is C8H11NO2. The number of hydrogen-bond acceptors (Lipinski definition) is 2. The highest BCUT2D eigenvalue weighted by Gasteiger charge is 2.18. The lowest BCUT2D eigenvalue weighted by Gasteiger charge is -2.18. The summed E-state index contributed by atoms with van der Waals surface area (Å²) in [6.45, 7) is 4.21. The summed E-state index contributed by atoms with van der Waals surface area (Å²) < 4.78 is 0. The minimum absolute atomic E-state index is 0.418. The maximum absolute atomic E-state index is 10.4. The van der Waals surface area contributed by atoms with Gasteiger partial charge in [-0.05, 0) is 12.0 Å². The molecule has 1 atom stereocenters. The van der Waals surface area contributed by atoms with Crippen molar-refractivity contribution >= 4 is 5.97 Å². The molecule has 1 rings (SSSR count). The lowest BCUT2D eigenvalue weighted by atomic mass is 10.1. The average Bonchev–Trinajstić information content (AvgIpc) is 2.05. The van der Waals surface area contributed by atoms with Crippen LogP contribution < -0.4 is 5.32 Å². The second-order valence-corrected chi connectivity index (χ2v) is 2.49. The summed E-state index contributed by atoms with van der Waals surface area (Å²) in [5, 5.41) is 11.5. The van der Waals surface area contributed by atoms with Crippen LogP contribution in [0.5, 0.6) is 0 Å². The molecule has 3 heteroatoms. The highest BCUT2D eigenvalue weighted by molar-refractivity contribution is 5.74. The van der Waals surface area contributed by atoms with Gasteiger partial charge in [0.05, 0.1) is 0 Å². The standard InChI is InChI=1S/C8H11NO2/c1-2-6-3-4-7(8(10)11)9-5-6/h2-3,7,9H,1,4-5H2,(H,10,11). The Labute approximate surface area is 65.4 Å². The highest BCUT2D eigenvalue weighted by atomic mass is 16.4. The lowest BCUT2D eigenvalue weighted by Crippen LogP contribution is -2.39. The molecule has 3 nitrogen and oxygen atoms in total. The van der Waals surface area contributed by atoms with Gasteiger partial charge in [-0.2, -0.15) is 0 Å². The first-order chi connectivity index (χ1) is 5.24. The molecule has 0 bridgehead atoms. The molecule has 0 aromatic rings. The van der Waals surface area contributed by atoms with Crippen LogP contribution >= 0.6 is 0 Å². The van der Waals surface area contributed by atoms with E-state index in [0.717, 1.165) is 5.57 Å². The third-order valence-corrected chi connectivity index (χ3v) is 1.73. The molecule has 1 aliphatic rings. The van der Waals surface area contributed by atoms with E-state index in [1.54, 1.807) is 6.08 Å². The van der Waals surface area contributed by atoms with Gasteiger partial charge in [0.25, 0.3) is 0 Å². The van der Waals surface area contributed by atoms with E-state index in [1.165, 1.54) is 0 Å². The Morgan fingerprint density at radius 1 is 1.91 bits per heavy atom. The van der Waals surface area contributed by atoms with Crippen LogP contribution in [-0.4, -0.2) is 23.7 Å². The normalized spacial score (nSPS) is 24.0. The molecule has 0 saturated carbocycles. The fraction of sp³-hybridized carbons (Fsp3) is 0.375. The lowest BCUT2D eigenvalue weighted by molar-refractivity contribution is -0.139. The van der Waals surface area contributed by atoms with Crippen molar-refractivity contribution in [1.82, 2.24) is 5.32 Å². The molecule has 0 aliphatic carbocycles. The van der Waals surface area contributed by atoms with Gasteiger partial charge >= 0.3 is 5.97 Å². The van der Waals surface area contributed by atoms with Crippen molar-refractivity contribution in [2.45, 2.75) is 12.5 Å². The molecule has 0 spiro atoms. The topological polar surface area (TPSA) is 49.3 Å². The minimum Gasteiger partial charge on any atom is -0.480 e. The van der Waals surface area contributed by atoms with E-state index in [4.69, 9.17) is 5.11 Å². The molecule has 2 N–H and O–H groups in total. The van der Waals surface area contributed by atoms with Crippen LogP contribution in [0.4, 0.5) is 0 Å². The van der Waals surface area contributed by atoms with Gasteiger partial charge in [0.15, 0.2) is 0 Å². The number of rotatable bonds is 2. The molecule has 1 unspecified atom stereocenters. The average molecular weight is 153 g/mol. The first kappa shape index (κ1) is 8.01. The van der Waals surface area contributed by atoms with Crippen molar-refractivity contribution < 1.29 is 9.90 Å². The van der Waals surface area contributed by atoms with Crippen LogP contribution in [-0.2, 0) is 4.79 Å². The van der Waals surface area contributed by atoms with Crippen LogP contribution in [0.2, 0.25) is 0 Å². The van der Waals surface area contributed by atoms with E-state index >= 15 is 0 Å². The summed E-state index contributed by atoms with van der Waals surface area (Å²) in [4.78, 5) is 10.4. The molecule has 11 heavy (non-hydrogen) atoms. The smallest absolute Gasteiger partial charge is 0.321 e. The van der Waals surface area contributed by atoms with E-state index in [-0.39, 0.29) is 0 Å². The van der Waals surface area contributed by atoms with Gasteiger partial charge in [-0.1, -0.05) is 18.7 Å². The molecule has 0 fully saturated rings. The van der Waals surface area contributed by atoms with Crippen LogP contribution in [0.25, 0.3) is 0 Å². The van der Waals surface area contributed by atoms with E-state index in [9.17, 15) is 4.79 Å². The van der Waals surface area contributed by atoms with Crippen molar-refractivity contribution in [3.8, 4) is 0 Å². The third kappa shape index (κ3) is 1.91. The first-order valence-corrected chi connectivity index (χ1v) is 3.51. The number of aliphatic carboxylic acids is 1.